The number of Topliss-reactive ketones (excluding diaryl/α,β-unsaturated/α-hetero) is 1. The molecule has 1 N–H and O–H groups in total. The van der Waals surface area contributed by atoms with Gasteiger partial charge in [0.15, 0.2) is 5.78 Å². The summed E-state index contributed by atoms with van der Waals surface area (Å²) in [5.74, 6) is -0.686. The van der Waals surface area contributed by atoms with Crippen molar-refractivity contribution in [1.29, 1.82) is 0 Å². The second kappa shape index (κ2) is 5.17. The van der Waals surface area contributed by atoms with Crippen molar-refractivity contribution in [3.8, 4) is 0 Å². The molecule has 23 heavy (non-hydrogen) atoms. The SMILES string of the molecule is CC(=O)c1c(C2(C)CCCC(C)(C)C2)ccc2c1C(O)OC2=O. The van der Waals surface area contributed by atoms with Crippen molar-refractivity contribution in [2.45, 2.75) is 65.1 Å². The summed E-state index contributed by atoms with van der Waals surface area (Å²) in [5, 5.41) is 10.1. The molecule has 1 fully saturated rings. The molecule has 2 unspecified atom stereocenters. The maximum absolute atomic E-state index is 12.3. The monoisotopic (exact) mass is 316 g/mol. The Kier molecular flexibility index (Phi) is 3.64. The highest BCUT2D eigenvalue weighted by Crippen LogP contribution is 2.50. The van der Waals surface area contributed by atoms with Crippen LogP contribution in [0.4, 0.5) is 0 Å². The molecular formula is C19H24O4. The fourth-order valence-electron chi connectivity index (χ4n) is 4.58. The quantitative estimate of drug-likeness (QED) is 0.664. The zero-order valence-electron chi connectivity index (χ0n) is 14.2. The largest absolute Gasteiger partial charge is 0.428 e. The third kappa shape index (κ3) is 2.59. The molecule has 0 radical (unpaired) electrons. The van der Waals surface area contributed by atoms with Crippen molar-refractivity contribution in [3.63, 3.8) is 0 Å². The van der Waals surface area contributed by atoms with Gasteiger partial charge in [0.25, 0.3) is 0 Å². The van der Waals surface area contributed by atoms with E-state index in [2.05, 4.69) is 20.8 Å². The van der Waals surface area contributed by atoms with Gasteiger partial charge in [0, 0.05) is 11.1 Å². The second-order valence-corrected chi connectivity index (χ2v) is 8.02. The number of fused-ring (bicyclic) bond motifs is 1. The molecular weight excluding hydrogens is 292 g/mol. The van der Waals surface area contributed by atoms with E-state index in [1.807, 2.05) is 6.07 Å². The number of aliphatic hydroxyl groups is 1. The van der Waals surface area contributed by atoms with E-state index in [1.54, 1.807) is 6.07 Å². The number of ether oxygens (including phenoxy) is 1. The van der Waals surface area contributed by atoms with Crippen LogP contribution in [-0.4, -0.2) is 16.9 Å². The normalized spacial score (nSPS) is 29.1. The van der Waals surface area contributed by atoms with Gasteiger partial charge in [-0.15, -0.1) is 0 Å². The summed E-state index contributed by atoms with van der Waals surface area (Å²) in [7, 11) is 0. The van der Waals surface area contributed by atoms with Crippen LogP contribution in [0, 0.1) is 5.41 Å². The zero-order valence-corrected chi connectivity index (χ0v) is 14.2. The Morgan fingerprint density at radius 3 is 2.57 bits per heavy atom. The summed E-state index contributed by atoms with van der Waals surface area (Å²) in [5.41, 5.74) is 2.15. The molecule has 0 bridgehead atoms. The Hall–Kier alpha value is -1.68. The lowest BCUT2D eigenvalue weighted by atomic mass is 9.60. The van der Waals surface area contributed by atoms with E-state index in [0.717, 1.165) is 24.8 Å². The van der Waals surface area contributed by atoms with Crippen molar-refractivity contribution in [2.24, 2.45) is 5.41 Å². The molecule has 0 amide bonds. The van der Waals surface area contributed by atoms with Crippen LogP contribution < -0.4 is 0 Å². The number of carbonyl (C=O) groups is 2. The summed E-state index contributed by atoms with van der Waals surface area (Å²) >= 11 is 0. The van der Waals surface area contributed by atoms with E-state index in [0.29, 0.717) is 16.7 Å². The lowest BCUT2D eigenvalue weighted by Gasteiger charge is -2.44. The summed E-state index contributed by atoms with van der Waals surface area (Å²) in [4.78, 5) is 24.2. The standard InChI is InChI=1S/C19H24O4/c1-11(20)14-13(19(4)9-5-8-18(2,3)10-19)7-6-12-15(14)17(22)23-16(12)21/h6-7,17,22H,5,8-10H2,1-4H3. The summed E-state index contributed by atoms with van der Waals surface area (Å²) in [6.45, 7) is 8.19. The number of esters is 1. The van der Waals surface area contributed by atoms with Crippen molar-refractivity contribution in [1.82, 2.24) is 0 Å². The smallest absolute Gasteiger partial charge is 0.341 e. The molecule has 124 valence electrons. The molecule has 1 aromatic carbocycles. The molecule has 1 aromatic rings. The average molecular weight is 316 g/mol. The lowest BCUT2D eigenvalue weighted by Crippen LogP contribution is -2.35. The fraction of sp³-hybridized carbons (Fsp3) is 0.579. The number of hydrogen-bond acceptors (Lipinski definition) is 4. The number of hydrogen-bond donors (Lipinski definition) is 1. The number of aliphatic hydroxyl groups excluding tert-OH is 1. The van der Waals surface area contributed by atoms with Crippen LogP contribution in [0.1, 0.15) is 91.5 Å². The predicted molar refractivity (Wildman–Crippen MR) is 86.4 cm³/mol. The first-order valence-corrected chi connectivity index (χ1v) is 8.22. The summed E-state index contributed by atoms with van der Waals surface area (Å²) in [6.07, 6.45) is 2.92. The number of carbonyl (C=O) groups excluding carboxylic acids is 2. The van der Waals surface area contributed by atoms with E-state index < -0.39 is 12.3 Å². The first-order chi connectivity index (χ1) is 10.6. The van der Waals surface area contributed by atoms with Gasteiger partial charge in [-0.3, -0.25) is 4.79 Å². The van der Waals surface area contributed by atoms with E-state index >= 15 is 0 Å². The number of ketones is 1. The molecule has 1 aliphatic carbocycles. The average Bonchev–Trinajstić information content (AvgIpc) is 2.71. The molecule has 1 heterocycles. The molecule has 4 nitrogen and oxygen atoms in total. The minimum atomic E-state index is -1.34. The maximum Gasteiger partial charge on any atom is 0.341 e. The number of benzene rings is 1. The zero-order chi connectivity index (χ0) is 17.0. The molecule has 0 saturated heterocycles. The van der Waals surface area contributed by atoms with Gasteiger partial charge in [-0.25, -0.2) is 4.79 Å². The van der Waals surface area contributed by atoms with Crippen molar-refractivity contribution < 1.29 is 19.4 Å². The minimum Gasteiger partial charge on any atom is -0.428 e. The molecule has 0 aromatic heterocycles. The van der Waals surface area contributed by atoms with Crippen LogP contribution in [0.2, 0.25) is 0 Å². The van der Waals surface area contributed by atoms with Crippen LogP contribution in [0.15, 0.2) is 12.1 Å². The fourth-order valence-corrected chi connectivity index (χ4v) is 4.58. The van der Waals surface area contributed by atoms with Crippen molar-refractivity contribution >= 4 is 11.8 Å². The van der Waals surface area contributed by atoms with Crippen LogP contribution in [0.25, 0.3) is 0 Å². The van der Waals surface area contributed by atoms with E-state index in [4.69, 9.17) is 4.74 Å². The van der Waals surface area contributed by atoms with Crippen LogP contribution in [0.3, 0.4) is 0 Å². The van der Waals surface area contributed by atoms with E-state index in [-0.39, 0.29) is 16.6 Å². The first kappa shape index (κ1) is 16.2. The maximum atomic E-state index is 12.3. The third-order valence-electron chi connectivity index (χ3n) is 5.38. The highest BCUT2D eigenvalue weighted by atomic mass is 16.6. The van der Waals surface area contributed by atoms with Crippen molar-refractivity contribution in [3.05, 3.63) is 34.4 Å². The van der Waals surface area contributed by atoms with Gasteiger partial charge in [0.1, 0.15) is 0 Å². The third-order valence-corrected chi connectivity index (χ3v) is 5.38. The minimum absolute atomic E-state index is 0.126. The molecule has 4 heteroatoms. The predicted octanol–water partition coefficient (Wildman–Crippen LogP) is 3.91. The van der Waals surface area contributed by atoms with Gasteiger partial charge < -0.3 is 9.84 Å². The van der Waals surface area contributed by atoms with Gasteiger partial charge in [0.2, 0.25) is 6.29 Å². The Labute approximate surface area is 136 Å². The second-order valence-electron chi connectivity index (χ2n) is 8.02. The highest BCUT2D eigenvalue weighted by molar-refractivity contribution is 6.03. The highest BCUT2D eigenvalue weighted by Gasteiger charge is 2.42. The molecule has 2 aliphatic rings. The number of cyclic esters (lactones) is 1. The summed E-state index contributed by atoms with van der Waals surface area (Å²) in [6, 6.07) is 3.58. The Balaban J connectivity index is 2.19. The first-order valence-electron chi connectivity index (χ1n) is 8.22. The van der Waals surface area contributed by atoms with Crippen LogP contribution in [0.5, 0.6) is 0 Å². The van der Waals surface area contributed by atoms with Gasteiger partial charge >= 0.3 is 5.97 Å². The molecule has 3 rings (SSSR count). The molecule has 2 atom stereocenters. The lowest BCUT2D eigenvalue weighted by molar-refractivity contribution is -0.0551. The Morgan fingerprint density at radius 2 is 1.96 bits per heavy atom. The van der Waals surface area contributed by atoms with Crippen LogP contribution >= 0.6 is 0 Å². The van der Waals surface area contributed by atoms with Gasteiger partial charge in [-0.1, -0.05) is 33.3 Å². The van der Waals surface area contributed by atoms with Crippen molar-refractivity contribution in [2.75, 3.05) is 0 Å². The van der Waals surface area contributed by atoms with Gasteiger partial charge in [-0.05, 0) is 48.6 Å². The number of rotatable bonds is 2. The molecule has 1 aliphatic heterocycles. The molecule has 1 saturated carbocycles. The molecule has 0 spiro atoms. The Bertz CT molecular complexity index is 689. The van der Waals surface area contributed by atoms with Crippen LogP contribution in [-0.2, 0) is 10.2 Å². The van der Waals surface area contributed by atoms with Gasteiger partial charge in [-0.2, -0.15) is 0 Å². The van der Waals surface area contributed by atoms with E-state index in [9.17, 15) is 14.7 Å². The van der Waals surface area contributed by atoms with E-state index in [1.165, 1.54) is 13.3 Å². The van der Waals surface area contributed by atoms with Gasteiger partial charge in [0.05, 0.1) is 5.56 Å². The topological polar surface area (TPSA) is 63.6 Å². The summed E-state index contributed by atoms with van der Waals surface area (Å²) < 4.78 is 4.90. The Morgan fingerprint density at radius 1 is 1.26 bits per heavy atom.